The summed E-state index contributed by atoms with van der Waals surface area (Å²) >= 11 is 0. The third-order valence-electron chi connectivity index (χ3n) is 3.73. The zero-order valence-corrected chi connectivity index (χ0v) is 11.1. The second-order valence-corrected chi connectivity index (χ2v) is 5.20. The molecule has 0 aliphatic heterocycles. The summed E-state index contributed by atoms with van der Waals surface area (Å²) < 4.78 is 12.8. The molecule has 102 valence electrons. The summed E-state index contributed by atoms with van der Waals surface area (Å²) in [5.74, 6) is 0.261. The van der Waals surface area contributed by atoms with Gasteiger partial charge in [0.2, 0.25) is 5.91 Å². The van der Waals surface area contributed by atoms with Crippen LogP contribution in [0.15, 0.2) is 54.6 Å². The van der Waals surface area contributed by atoms with Gasteiger partial charge in [-0.3, -0.25) is 4.79 Å². The highest BCUT2D eigenvalue weighted by Crippen LogP contribution is 2.47. The van der Waals surface area contributed by atoms with Crippen LogP contribution in [-0.4, -0.2) is 5.91 Å². The molecule has 1 fully saturated rings. The predicted octanol–water partition coefficient (Wildman–Crippen LogP) is 3.25. The van der Waals surface area contributed by atoms with Gasteiger partial charge in [-0.2, -0.15) is 0 Å². The van der Waals surface area contributed by atoms with Gasteiger partial charge in [-0.1, -0.05) is 42.5 Å². The Balaban J connectivity index is 1.53. The average molecular weight is 269 g/mol. The lowest BCUT2D eigenvalue weighted by Gasteiger charge is -2.05. The van der Waals surface area contributed by atoms with Gasteiger partial charge in [-0.05, 0) is 35.6 Å². The van der Waals surface area contributed by atoms with Gasteiger partial charge in [-0.15, -0.1) is 0 Å². The van der Waals surface area contributed by atoms with Crippen LogP contribution in [0.3, 0.4) is 0 Å². The van der Waals surface area contributed by atoms with Crippen molar-refractivity contribution in [3.63, 3.8) is 0 Å². The van der Waals surface area contributed by atoms with E-state index in [4.69, 9.17) is 0 Å². The molecule has 0 aromatic heterocycles. The Morgan fingerprint density at radius 3 is 2.50 bits per heavy atom. The molecule has 2 aromatic carbocycles. The normalized spacial score (nSPS) is 20.4. The molecule has 0 unspecified atom stereocenters. The van der Waals surface area contributed by atoms with Gasteiger partial charge < -0.3 is 5.32 Å². The number of hydrogen-bond acceptors (Lipinski definition) is 1. The first-order chi connectivity index (χ1) is 9.74. The minimum Gasteiger partial charge on any atom is -0.352 e. The standard InChI is InChI=1S/C17H16FNO/c18-14-8-6-12(7-9-14)11-19-17(20)16-10-15(16)13-4-2-1-3-5-13/h1-9,15-16H,10-11H2,(H,19,20)/t15-,16+/m1/s1. The van der Waals surface area contributed by atoms with E-state index in [1.54, 1.807) is 12.1 Å². The molecule has 3 heteroatoms. The molecule has 20 heavy (non-hydrogen) atoms. The quantitative estimate of drug-likeness (QED) is 0.907. The molecule has 1 aliphatic rings. The summed E-state index contributed by atoms with van der Waals surface area (Å²) in [5, 5.41) is 2.92. The van der Waals surface area contributed by atoms with Crippen molar-refractivity contribution in [3.05, 3.63) is 71.5 Å². The highest BCUT2D eigenvalue weighted by molar-refractivity contribution is 5.82. The molecule has 2 nitrogen and oxygen atoms in total. The number of amides is 1. The molecule has 1 aliphatic carbocycles. The van der Waals surface area contributed by atoms with Gasteiger partial charge in [0, 0.05) is 12.5 Å². The van der Waals surface area contributed by atoms with E-state index in [-0.39, 0.29) is 17.6 Å². The zero-order valence-electron chi connectivity index (χ0n) is 11.1. The van der Waals surface area contributed by atoms with E-state index in [1.165, 1.54) is 17.7 Å². The Hall–Kier alpha value is -2.16. The maximum atomic E-state index is 12.8. The maximum absolute atomic E-state index is 12.8. The van der Waals surface area contributed by atoms with E-state index in [0.717, 1.165) is 12.0 Å². The number of halogens is 1. The first-order valence-electron chi connectivity index (χ1n) is 6.81. The van der Waals surface area contributed by atoms with Gasteiger partial charge in [0.05, 0.1) is 0 Å². The summed E-state index contributed by atoms with van der Waals surface area (Å²) in [4.78, 5) is 12.0. The van der Waals surface area contributed by atoms with Crippen LogP contribution >= 0.6 is 0 Å². The van der Waals surface area contributed by atoms with Crippen LogP contribution in [0.4, 0.5) is 4.39 Å². The van der Waals surface area contributed by atoms with E-state index < -0.39 is 0 Å². The second kappa shape index (κ2) is 5.45. The van der Waals surface area contributed by atoms with Crippen LogP contribution < -0.4 is 5.32 Å². The Labute approximate surface area is 117 Å². The maximum Gasteiger partial charge on any atom is 0.224 e. The third kappa shape index (κ3) is 2.87. The smallest absolute Gasteiger partial charge is 0.224 e. The Morgan fingerprint density at radius 2 is 1.80 bits per heavy atom. The summed E-state index contributed by atoms with van der Waals surface area (Å²) in [7, 11) is 0. The van der Waals surface area contributed by atoms with Crippen LogP contribution in [0.25, 0.3) is 0 Å². The van der Waals surface area contributed by atoms with Crippen molar-refractivity contribution in [3.8, 4) is 0 Å². The van der Waals surface area contributed by atoms with Gasteiger partial charge in [0.15, 0.2) is 0 Å². The van der Waals surface area contributed by atoms with Crippen LogP contribution in [-0.2, 0) is 11.3 Å². The second-order valence-electron chi connectivity index (χ2n) is 5.20. The monoisotopic (exact) mass is 269 g/mol. The number of carbonyl (C=O) groups is 1. The molecule has 1 saturated carbocycles. The number of carbonyl (C=O) groups excluding carboxylic acids is 1. The third-order valence-corrected chi connectivity index (χ3v) is 3.73. The Bertz CT molecular complexity index is 594. The van der Waals surface area contributed by atoms with Crippen molar-refractivity contribution in [2.75, 3.05) is 0 Å². The first-order valence-corrected chi connectivity index (χ1v) is 6.81. The van der Waals surface area contributed by atoms with Gasteiger partial charge >= 0.3 is 0 Å². The summed E-state index contributed by atoms with van der Waals surface area (Å²) in [6.07, 6.45) is 0.916. The van der Waals surface area contributed by atoms with E-state index in [1.807, 2.05) is 18.2 Å². The number of benzene rings is 2. The molecule has 3 rings (SSSR count). The van der Waals surface area contributed by atoms with Crippen molar-refractivity contribution in [2.24, 2.45) is 5.92 Å². The van der Waals surface area contributed by atoms with Crippen molar-refractivity contribution >= 4 is 5.91 Å². The summed E-state index contributed by atoms with van der Waals surface area (Å²) in [5.41, 5.74) is 2.14. The van der Waals surface area contributed by atoms with Crippen LogP contribution in [0.2, 0.25) is 0 Å². The van der Waals surface area contributed by atoms with Crippen molar-refractivity contribution < 1.29 is 9.18 Å². The van der Waals surface area contributed by atoms with E-state index in [9.17, 15) is 9.18 Å². The van der Waals surface area contributed by atoms with Gasteiger partial charge in [0.25, 0.3) is 0 Å². The number of rotatable bonds is 4. The summed E-state index contributed by atoms with van der Waals surface area (Å²) in [6, 6.07) is 16.3. The van der Waals surface area contributed by atoms with Crippen molar-refractivity contribution in [2.45, 2.75) is 18.9 Å². The molecular weight excluding hydrogens is 253 g/mol. The lowest BCUT2D eigenvalue weighted by atomic mass is 10.1. The minimum atomic E-state index is -0.258. The highest BCUT2D eigenvalue weighted by atomic mass is 19.1. The van der Waals surface area contributed by atoms with Crippen LogP contribution in [0.1, 0.15) is 23.5 Å². The molecule has 0 heterocycles. The van der Waals surface area contributed by atoms with E-state index in [0.29, 0.717) is 12.5 Å². The molecule has 0 spiro atoms. The molecule has 1 amide bonds. The predicted molar refractivity (Wildman–Crippen MR) is 75.5 cm³/mol. The van der Waals surface area contributed by atoms with Gasteiger partial charge in [0.1, 0.15) is 5.82 Å². The molecule has 1 N–H and O–H groups in total. The molecule has 2 aromatic rings. The van der Waals surface area contributed by atoms with Gasteiger partial charge in [-0.25, -0.2) is 4.39 Å². The van der Waals surface area contributed by atoms with E-state index >= 15 is 0 Å². The Kier molecular flexibility index (Phi) is 3.50. The topological polar surface area (TPSA) is 29.1 Å². The fourth-order valence-corrected chi connectivity index (χ4v) is 2.48. The van der Waals surface area contributed by atoms with Crippen molar-refractivity contribution in [1.82, 2.24) is 5.32 Å². The van der Waals surface area contributed by atoms with Crippen molar-refractivity contribution in [1.29, 1.82) is 0 Å². The lowest BCUT2D eigenvalue weighted by molar-refractivity contribution is -0.122. The van der Waals surface area contributed by atoms with Crippen LogP contribution in [0, 0.1) is 11.7 Å². The lowest BCUT2D eigenvalue weighted by Crippen LogP contribution is -2.24. The fraction of sp³-hybridized carbons (Fsp3) is 0.235. The summed E-state index contributed by atoms with van der Waals surface area (Å²) in [6.45, 7) is 0.455. The highest BCUT2D eigenvalue weighted by Gasteiger charge is 2.43. The number of hydrogen-bond donors (Lipinski definition) is 1. The molecule has 0 bridgehead atoms. The Morgan fingerprint density at radius 1 is 1.10 bits per heavy atom. The molecule has 0 radical (unpaired) electrons. The largest absolute Gasteiger partial charge is 0.352 e. The average Bonchev–Trinajstić information content (AvgIpc) is 3.28. The fourth-order valence-electron chi connectivity index (χ4n) is 2.48. The van der Waals surface area contributed by atoms with E-state index in [2.05, 4.69) is 17.4 Å². The van der Waals surface area contributed by atoms with Crippen LogP contribution in [0.5, 0.6) is 0 Å². The molecule has 0 saturated heterocycles. The minimum absolute atomic E-state index is 0.0813. The number of nitrogens with one attached hydrogen (secondary N) is 1. The SMILES string of the molecule is O=C(NCc1ccc(F)cc1)[C@H]1C[C@@H]1c1ccccc1. The molecular formula is C17H16FNO. The zero-order chi connectivity index (χ0) is 13.9. The first kappa shape index (κ1) is 12.9. The molecule has 2 atom stereocenters.